The van der Waals surface area contributed by atoms with Crippen LogP contribution in [0.1, 0.15) is 12.0 Å². The van der Waals surface area contributed by atoms with Crippen molar-refractivity contribution in [3.63, 3.8) is 0 Å². The van der Waals surface area contributed by atoms with E-state index in [0.29, 0.717) is 11.3 Å². The van der Waals surface area contributed by atoms with E-state index in [0.717, 1.165) is 22.2 Å². The van der Waals surface area contributed by atoms with Crippen LogP contribution < -0.4 is 10.4 Å². The van der Waals surface area contributed by atoms with E-state index in [1.807, 2.05) is 18.2 Å². The summed E-state index contributed by atoms with van der Waals surface area (Å²) in [6.45, 7) is 0.276. The zero-order valence-corrected chi connectivity index (χ0v) is 15.8. The summed E-state index contributed by atoms with van der Waals surface area (Å²) in [5, 5.41) is 8.97. The third-order valence-electron chi connectivity index (χ3n) is 5.20. The molecule has 8 heteroatoms. The van der Waals surface area contributed by atoms with Gasteiger partial charge in [0.1, 0.15) is 5.52 Å². The van der Waals surface area contributed by atoms with Gasteiger partial charge in [-0.1, -0.05) is 0 Å². The van der Waals surface area contributed by atoms with Crippen molar-refractivity contribution in [1.82, 2.24) is 14.0 Å². The van der Waals surface area contributed by atoms with Crippen LogP contribution in [0.5, 0.6) is 5.75 Å². The summed E-state index contributed by atoms with van der Waals surface area (Å²) in [6, 6.07) is 5.28. The lowest BCUT2D eigenvalue weighted by Crippen LogP contribution is -2.36. The number of imidazole rings is 1. The minimum absolute atomic E-state index is 0.0885. The number of likely N-dealkylation sites (N-methyl/N-ethyl adjacent to an activating group) is 1. The first-order valence-electron chi connectivity index (χ1n) is 8.85. The van der Waals surface area contributed by atoms with Gasteiger partial charge in [0.15, 0.2) is 11.8 Å². The zero-order valence-electron chi connectivity index (χ0n) is 15.8. The van der Waals surface area contributed by atoms with Crippen molar-refractivity contribution in [2.24, 2.45) is 12.0 Å². The second-order valence-corrected chi connectivity index (χ2v) is 6.73. The Morgan fingerprint density at radius 1 is 1.29 bits per heavy atom. The molecule has 28 heavy (non-hydrogen) atoms. The smallest absolute Gasteiger partial charge is 0.328 e. The fraction of sp³-hybridized carbons (Fsp3) is 0.300. The van der Waals surface area contributed by atoms with Crippen LogP contribution >= 0.6 is 0 Å². The minimum Gasteiger partial charge on any atom is -0.494 e. The second kappa shape index (κ2) is 6.53. The molecule has 1 atom stereocenters. The Hall–Kier alpha value is -3.60. The summed E-state index contributed by atoms with van der Waals surface area (Å²) in [5.74, 6) is 0.447. The van der Waals surface area contributed by atoms with Gasteiger partial charge in [0.25, 0.3) is 5.91 Å². The minimum atomic E-state index is -0.554. The molecular formula is C20H19N5O3. The summed E-state index contributed by atoms with van der Waals surface area (Å²) in [7, 11) is 4.95. The molecule has 0 fully saturated rings. The Morgan fingerprint density at radius 2 is 2.07 bits per heavy atom. The van der Waals surface area contributed by atoms with Crippen LogP contribution in [0.4, 0.5) is 0 Å². The molecular weight excluding hydrogens is 358 g/mol. The van der Waals surface area contributed by atoms with Crippen molar-refractivity contribution in [3.05, 3.63) is 46.0 Å². The lowest BCUT2D eigenvalue weighted by atomic mass is 9.90. The van der Waals surface area contributed by atoms with Crippen molar-refractivity contribution in [2.75, 3.05) is 14.2 Å². The number of aryl methyl sites for hydroxylation is 2. The molecule has 1 unspecified atom stereocenters. The first-order chi connectivity index (χ1) is 13.5. The number of carbonyl (C=O) groups excluding carboxylic acids is 1. The highest BCUT2D eigenvalue weighted by Crippen LogP contribution is 2.41. The summed E-state index contributed by atoms with van der Waals surface area (Å²) >= 11 is 0. The molecule has 0 saturated carbocycles. The average Bonchev–Trinajstić information content (AvgIpc) is 3.27. The van der Waals surface area contributed by atoms with E-state index < -0.39 is 6.04 Å². The Labute approximate surface area is 161 Å². The Bertz CT molecular complexity index is 1190. The predicted octanol–water partition coefficient (Wildman–Crippen LogP) is 1.45. The number of hydrogen-bond acceptors (Lipinski definition) is 5. The predicted molar refractivity (Wildman–Crippen MR) is 105 cm³/mol. The molecule has 1 aromatic heterocycles. The van der Waals surface area contributed by atoms with Crippen molar-refractivity contribution in [3.8, 4) is 11.8 Å². The quantitative estimate of drug-likeness (QED) is 0.806. The Balaban J connectivity index is 1.99. The molecule has 8 nitrogen and oxygen atoms in total. The van der Waals surface area contributed by atoms with E-state index in [2.05, 4.69) is 11.1 Å². The molecule has 0 spiro atoms. The first-order valence-corrected chi connectivity index (χ1v) is 8.85. The number of amides is 1. The third kappa shape index (κ3) is 2.40. The number of methoxy groups -OCH3 is 1. The molecule has 142 valence electrons. The maximum absolute atomic E-state index is 12.7. The maximum atomic E-state index is 12.7. The molecule has 1 amide bonds. The van der Waals surface area contributed by atoms with Crippen molar-refractivity contribution < 1.29 is 9.53 Å². The molecule has 0 aliphatic carbocycles. The fourth-order valence-corrected chi connectivity index (χ4v) is 3.82. The molecule has 0 N–H and O–H groups in total. The highest BCUT2D eigenvalue weighted by atomic mass is 16.5. The number of ether oxygens (including phenoxy) is 1. The molecule has 3 heterocycles. The standard InChI is InChI=1S/C20H19N5O3/c1-23-11-14(12-7-9-22-16(12)19(23)26)13-5-6-15-17(18(13)28-3)25(10-4-8-21)20(27)24(15)2/h5-7,9,11,16H,4,10H2,1-3H3. The highest BCUT2D eigenvalue weighted by Gasteiger charge is 2.35. The number of nitriles is 1. The molecule has 2 aliphatic heterocycles. The van der Waals surface area contributed by atoms with Gasteiger partial charge < -0.3 is 9.64 Å². The summed E-state index contributed by atoms with van der Waals surface area (Å²) in [4.78, 5) is 30.9. The van der Waals surface area contributed by atoms with Gasteiger partial charge in [-0.2, -0.15) is 5.26 Å². The number of carbonyl (C=O) groups is 1. The molecule has 1 aromatic carbocycles. The van der Waals surface area contributed by atoms with Crippen LogP contribution in [0, 0.1) is 11.3 Å². The van der Waals surface area contributed by atoms with Crippen LogP contribution in [0.3, 0.4) is 0 Å². The van der Waals surface area contributed by atoms with Gasteiger partial charge in [0.2, 0.25) is 0 Å². The van der Waals surface area contributed by atoms with E-state index in [9.17, 15) is 9.59 Å². The average molecular weight is 377 g/mol. The van der Waals surface area contributed by atoms with Gasteiger partial charge in [0.05, 0.1) is 25.1 Å². The second-order valence-electron chi connectivity index (χ2n) is 6.73. The van der Waals surface area contributed by atoms with Gasteiger partial charge in [-0.05, 0) is 23.8 Å². The maximum Gasteiger partial charge on any atom is 0.328 e. The van der Waals surface area contributed by atoms with Crippen LogP contribution in [0.15, 0.2) is 39.8 Å². The van der Waals surface area contributed by atoms with Crippen LogP contribution in [-0.2, 0) is 18.4 Å². The number of nitrogens with zero attached hydrogens (tertiary/aromatic N) is 5. The Morgan fingerprint density at radius 3 is 2.79 bits per heavy atom. The third-order valence-corrected chi connectivity index (χ3v) is 5.20. The van der Waals surface area contributed by atoms with Crippen molar-refractivity contribution >= 4 is 28.7 Å². The number of benzene rings is 1. The molecule has 4 rings (SSSR count). The number of aromatic nitrogens is 2. The molecule has 2 aromatic rings. The normalized spacial score (nSPS) is 18.1. The number of allylic oxidation sites excluding steroid dienone is 1. The molecule has 0 bridgehead atoms. The van der Waals surface area contributed by atoms with Gasteiger partial charge in [-0.15, -0.1) is 0 Å². The largest absolute Gasteiger partial charge is 0.494 e. The monoisotopic (exact) mass is 377 g/mol. The summed E-state index contributed by atoms with van der Waals surface area (Å²) < 4.78 is 8.86. The van der Waals surface area contributed by atoms with Gasteiger partial charge in [-0.25, -0.2) is 4.79 Å². The topological polar surface area (TPSA) is 92.6 Å². The molecule has 0 saturated heterocycles. The van der Waals surface area contributed by atoms with Crippen LogP contribution in [-0.4, -0.2) is 46.4 Å². The summed E-state index contributed by atoms with van der Waals surface area (Å²) in [6.07, 6.45) is 5.46. The zero-order chi connectivity index (χ0) is 20.0. The molecule has 0 radical (unpaired) electrons. The van der Waals surface area contributed by atoms with E-state index in [1.165, 1.54) is 4.90 Å². The number of rotatable bonds is 4. The molecule has 2 aliphatic rings. The number of hydrogen-bond donors (Lipinski definition) is 0. The van der Waals surface area contributed by atoms with Crippen molar-refractivity contribution in [2.45, 2.75) is 19.0 Å². The van der Waals surface area contributed by atoms with Crippen molar-refractivity contribution in [1.29, 1.82) is 5.26 Å². The lowest BCUT2D eigenvalue weighted by molar-refractivity contribution is -0.128. The van der Waals surface area contributed by atoms with Gasteiger partial charge >= 0.3 is 5.69 Å². The SMILES string of the molecule is COc1c(C2=CN(C)C(=O)C3N=CC=C23)ccc2c1n(CCC#N)c(=O)n2C. The van der Waals surface area contributed by atoms with Crippen LogP contribution in [0.2, 0.25) is 0 Å². The number of aliphatic imine (C=N–C) groups is 1. The fourth-order valence-electron chi connectivity index (χ4n) is 3.82. The van der Waals surface area contributed by atoms with E-state index in [-0.39, 0.29) is 24.6 Å². The summed E-state index contributed by atoms with van der Waals surface area (Å²) in [5.41, 5.74) is 3.56. The van der Waals surface area contributed by atoms with Gasteiger partial charge in [0, 0.05) is 44.2 Å². The van der Waals surface area contributed by atoms with Gasteiger partial charge in [-0.3, -0.25) is 18.9 Å². The highest BCUT2D eigenvalue weighted by molar-refractivity contribution is 6.05. The first kappa shape index (κ1) is 17.8. The van der Waals surface area contributed by atoms with E-state index >= 15 is 0 Å². The van der Waals surface area contributed by atoms with Crippen LogP contribution in [0.25, 0.3) is 16.6 Å². The lowest BCUT2D eigenvalue weighted by Gasteiger charge is -2.27. The number of fused-ring (bicyclic) bond motifs is 2. The Kier molecular flexibility index (Phi) is 4.15. The van der Waals surface area contributed by atoms with E-state index in [1.54, 1.807) is 42.8 Å². The van der Waals surface area contributed by atoms with E-state index in [4.69, 9.17) is 10.00 Å².